The van der Waals surface area contributed by atoms with E-state index in [1.165, 1.54) is 0 Å². The van der Waals surface area contributed by atoms with Crippen molar-refractivity contribution in [2.24, 2.45) is 0 Å². The molecule has 0 aliphatic rings. The standard InChI is InChI=1S/C11H15F3N4O3/c1-10(2,3)8-7(9(20)21)16-17-18(8)4-6(19)15-5-11(12,13)14/h4-5H2,1-3H3,(H,15,19)(H,20,21). The van der Waals surface area contributed by atoms with Crippen molar-refractivity contribution in [1.82, 2.24) is 20.3 Å². The van der Waals surface area contributed by atoms with Crippen molar-refractivity contribution in [3.63, 3.8) is 0 Å². The highest BCUT2D eigenvalue weighted by molar-refractivity contribution is 5.87. The lowest BCUT2D eigenvalue weighted by atomic mass is 9.90. The largest absolute Gasteiger partial charge is 0.476 e. The molecule has 21 heavy (non-hydrogen) atoms. The van der Waals surface area contributed by atoms with E-state index in [-0.39, 0.29) is 11.4 Å². The smallest absolute Gasteiger partial charge is 0.405 e. The first-order valence-electron chi connectivity index (χ1n) is 5.92. The first-order chi connectivity index (χ1) is 9.42. The molecule has 2 N–H and O–H groups in total. The summed E-state index contributed by atoms with van der Waals surface area (Å²) in [4.78, 5) is 22.5. The number of nitrogens with zero attached hydrogens (tertiary/aromatic N) is 3. The van der Waals surface area contributed by atoms with Crippen LogP contribution in [0.2, 0.25) is 0 Å². The van der Waals surface area contributed by atoms with Crippen LogP contribution in [0.3, 0.4) is 0 Å². The van der Waals surface area contributed by atoms with Gasteiger partial charge >= 0.3 is 12.1 Å². The highest BCUT2D eigenvalue weighted by Crippen LogP contribution is 2.24. The second-order valence-electron chi connectivity index (χ2n) is 5.39. The lowest BCUT2D eigenvalue weighted by Gasteiger charge is -2.20. The Labute approximate surface area is 118 Å². The average Bonchev–Trinajstić information content (AvgIpc) is 2.69. The topological polar surface area (TPSA) is 97.1 Å². The second-order valence-corrected chi connectivity index (χ2v) is 5.39. The summed E-state index contributed by atoms with van der Waals surface area (Å²) in [7, 11) is 0. The van der Waals surface area contributed by atoms with Crippen molar-refractivity contribution < 1.29 is 27.9 Å². The van der Waals surface area contributed by atoms with Crippen LogP contribution in [0, 0.1) is 0 Å². The third kappa shape index (κ3) is 4.72. The van der Waals surface area contributed by atoms with Crippen LogP contribution >= 0.6 is 0 Å². The molecule has 7 nitrogen and oxygen atoms in total. The maximum atomic E-state index is 12.0. The van der Waals surface area contributed by atoms with Crippen LogP contribution in [0.15, 0.2) is 0 Å². The van der Waals surface area contributed by atoms with Gasteiger partial charge in [-0.15, -0.1) is 5.10 Å². The molecule has 0 radical (unpaired) electrons. The van der Waals surface area contributed by atoms with E-state index in [1.54, 1.807) is 26.1 Å². The molecule has 0 saturated heterocycles. The molecule has 0 spiro atoms. The predicted molar refractivity (Wildman–Crippen MR) is 64.7 cm³/mol. The SMILES string of the molecule is CC(C)(C)c1c(C(=O)O)nnn1CC(=O)NCC(F)(F)F. The number of halogens is 3. The molecule has 0 aromatic carbocycles. The first-order valence-corrected chi connectivity index (χ1v) is 5.92. The highest BCUT2D eigenvalue weighted by Gasteiger charge is 2.31. The molecule has 0 fully saturated rings. The highest BCUT2D eigenvalue weighted by atomic mass is 19.4. The summed E-state index contributed by atoms with van der Waals surface area (Å²) in [5.41, 5.74) is -0.857. The second kappa shape index (κ2) is 5.70. The fraction of sp³-hybridized carbons (Fsp3) is 0.636. The van der Waals surface area contributed by atoms with E-state index < -0.39 is 36.6 Å². The zero-order chi connectivity index (χ0) is 16.4. The Balaban J connectivity index is 2.94. The van der Waals surface area contributed by atoms with Gasteiger partial charge < -0.3 is 10.4 Å². The maximum Gasteiger partial charge on any atom is 0.405 e. The Morgan fingerprint density at radius 3 is 2.29 bits per heavy atom. The first kappa shape index (κ1) is 16.9. The van der Waals surface area contributed by atoms with E-state index in [2.05, 4.69) is 10.3 Å². The Morgan fingerprint density at radius 1 is 1.29 bits per heavy atom. The number of alkyl halides is 3. The number of carboxylic acids is 1. The normalized spacial score (nSPS) is 12.3. The van der Waals surface area contributed by atoms with Crippen LogP contribution in [0.4, 0.5) is 13.2 Å². The van der Waals surface area contributed by atoms with Crippen LogP contribution in [0.1, 0.15) is 37.0 Å². The number of amides is 1. The number of aromatic nitrogens is 3. The van der Waals surface area contributed by atoms with Crippen molar-refractivity contribution in [2.45, 2.75) is 38.9 Å². The van der Waals surface area contributed by atoms with Crippen molar-refractivity contribution >= 4 is 11.9 Å². The van der Waals surface area contributed by atoms with Crippen molar-refractivity contribution in [1.29, 1.82) is 0 Å². The van der Waals surface area contributed by atoms with E-state index >= 15 is 0 Å². The summed E-state index contributed by atoms with van der Waals surface area (Å²) in [5, 5.41) is 17.7. The number of carbonyl (C=O) groups excluding carboxylic acids is 1. The minimum absolute atomic E-state index is 0.164. The monoisotopic (exact) mass is 308 g/mol. The predicted octanol–water partition coefficient (Wildman–Crippen LogP) is 0.952. The van der Waals surface area contributed by atoms with Crippen LogP contribution in [0.25, 0.3) is 0 Å². The summed E-state index contributed by atoms with van der Waals surface area (Å²) in [6, 6.07) is 0. The Kier molecular flexibility index (Phi) is 4.59. The van der Waals surface area contributed by atoms with Gasteiger partial charge in [0.15, 0.2) is 5.69 Å². The van der Waals surface area contributed by atoms with E-state index in [4.69, 9.17) is 5.11 Å². The van der Waals surface area contributed by atoms with Crippen molar-refractivity contribution in [3.8, 4) is 0 Å². The van der Waals surface area contributed by atoms with Crippen LogP contribution in [0.5, 0.6) is 0 Å². The van der Waals surface area contributed by atoms with Gasteiger partial charge in [0.05, 0.1) is 5.69 Å². The van der Waals surface area contributed by atoms with Gasteiger partial charge in [0.1, 0.15) is 13.1 Å². The molecule has 1 aromatic heterocycles. The summed E-state index contributed by atoms with van der Waals surface area (Å²) in [6.45, 7) is 3.05. The van der Waals surface area contributed by atoms with Crippen LogP contribution in [-0.4, -0.2) is 44.7 Å². The fourth-order valence-corrected chi connectivity index (χ4v) is 1.70. The van der Waals surface area contributed by atoms with Crippen LogP contribution < -0.4 is 5.32 Å². The third-order valence-corrected chi connectivity index (χ3v) is 2.43. The number of nitrogens with one attached hydrogen (secondary N) is 1. The van der Waals surface area contributed by atoms with Gasteiger partial charge in [-0.05, 0) is 0 Å². The van der Waals surface area contributed by atoms with Crippen molar-refractivity contribution in [2.75, 3.05) is 6.54 Å². The molecule has 1 rings (SSSR count). The summed E-state index contributed by atoms with van der Waals surface area (Å²) in [5.74, 6) is -2.25. The number of hydrogen-bond acceptors (Lipinski definition) is 4. The Bertz CT molecular complexity index is 546. The molecular formula is C11H15F3N4O3. The van der Waals surface area contributed by atoms with Gasteiger partial charge in [0.25, 0.3) is 0 Å². The number of rotatable bonds is 4. The van der Waals surface area contributed by atoms with Gasteiger partial charge in [0, 0.05) is 5.41 Å². The molecule has 118 valence electrons. The molecule has 0 unspecified atom stereocenters. The molecule has 0 aliphatic carbocycles. The summed E-state index contributed by atoms with van der Waals surface area (Å²) >= 11 is 0. The number of carbonyl (C=O) groups is 2. The quantitative estimate of drug-likeness (QED) is 0.863. The van der Waals surface area contributed by atoms with Gasteiger partial charge in [-0.1, -0.05) is 26.0 Å². The molecule has 0 atom stereocenters. The minimum Gasteiger partial charge on any atom is -0.476 e. The van der Waals surface area contributed by atoms with Gasteiger partial charge in [-0.2, -0.15) is 13.2 Å². The number of hydrogen-bond donors (Lipinski definition) is 2. The van der Waals surface area contributed by atoms with E-state index in [9.17, 15) is 22.8 Å². The molecule has 1 amide bonds. The van der Waals surface area contributed by atoms with Gasteiger partial charge in [-0.25, -0.2) is 9.48 Å². The van der Waals surface area contributed by atoms with Crippen LogP contribution in [-0.2, 0) is 16.8 Å². The van der Waals surface area contributed by atoms with E-state index in [0.717, 1.165) is 4.68 Å². The number of aromatic carboxylic acids is 1. The molecular weight excluding hydrogens is 293 g/mol. The number of carboxylic acid groups (broad SMARTS) is 1. The molecule has 1 aromatic rings. The lowest BCUT2D eigenvalue weighted by molar-refractivity contribution is -0.138. The zero-order valence-electron chi connectivity index (χ0n) is 11.7. The molecule has 0 aliphatic heterocycles. The zero-order valence-corrected chi connectivity index (χ0v) is 11.7. The molecule has 0 saturated carbocycles. The average molecular weight is 308 g/mol. The van der Waals surface area contributed by atoms with Gasteiger partial charge in [-0.3, -0.25) is 4.79 Å². The molecule has 1 heterocycles. The maximum absolute atomic E-state index is 12.0. The third-order valence-electron chi connectivity index (χ3n) is 2.43. The van der Waals surface area contributed by atoms with E-state index in [0.29, 0.717) is 0 Å². The Hall–Kier alpha value is -2.13. The fourth-order valence-electron chi connectivity index (χ4n) is 1.70. The molecule has 0 bridgehead atoms. The summed E-state index contributed by atoms with van der Waals surface area (Å²) < 4.78 is 37.0. The summed E-state index contributed by atoms with van der Waals surface area (Å²) in [6.07, 6.45) is -4.52. The van der Waals surface area contributed by atoms with E-state index in [1.807, 2.05) is 0 Å². The van der Waals surface area contributed by atoms with Gasteiger partial charge in [0.2, 0.25) is 5.91 Å². The Morgan fingerprint density at radius 2 is 1.86 bits per heavy atom. The lowest BCUT2D eigenvalue weighted by Crippen LogP contribution is -2.37. The van der Waals surface area contributed by atoms with Crippen molar-refractivity contribution in [3.05, 3.63) is 11.4 Å². The minimum atomic E-state index is -4.52. The molecule has 10 heteroatoms.